The number of benzene rings is 1. The fourth-order valence-electron chi connectivity index (χ4n) is 2.62. The SMILES string of the molecule is Cc1cc(CC(=O)N[C@@H]2CCOC[C@H]2Oc2cccc(F)c2)on1. The Bertz CT molecular complexity index is 703. The molecule has 7 heteroatoms. The summed E-state index contributed by atoms with van der Waals surface area (Å²) in [6.07, 6.45) is 0.368. The number of rotatable bonds is 5. The molecule has 1 aromatic heterocycles. The first-order valence-electron chi connectivity index (χ1n) is 7.81. The first-order valence-corrected chi connectivity index (χ1v) is 7.81. The predicted octanol–water partition coefficient (Wildman–Crippen LogP) is 2.02. The van der Waals surface area contributed by atoms with E-state index in [1.54, 1.807) is 25.1 Å². The second-order valence-corrected chi connectivity index (χ2v) is 5.76. The van der Waals surface area contributed by atoms with Crippen LogP contribution in [-0.4, -0.2) is 36.4 Å². The van der Waals surface area contributed by atoms with E-state index in [9.17, 15) is 9.18 Å². The zero-order chi connectivity index (χ0) is 16.9. The van der Waals surface area contributed by atoms with E-state index in [0.717, 1.165) is 5.69 Å². The molecule has 2 aromatic rings. The Morgan fingerprint density at radius 2 is 2.33 bits per heavy atom. The van der Waals surface area contributed by atoms with Crippen LogP contribution in [0.5, 0.6) is 5.75 Å². The molecule has 6 nitrogen and oxygen atoms in total. The normalized spacial score (nSPS) is 20.6. The standard InChI is InChI=1S/C17H19FN2O4/c1-11-7-14(24-20-11)9-17(21)19-15-5-6-22-10-16(15)23-13-4-2-3-12(18)8-13/h2-4,7-8,15-16H,5-6,9-10H2,1H3,(H,19,21)/t15-,16-/m1/s1. The van der Waals surface area contributed by atoms with Gasteiger partial charge in [-0.15, -0.1) is 0 Å². The van der Waals surface area contributed by atoms with Gasteiger partial charge in [0.15, 0.2) is 0 Å². The topological polar surface area (TPSA) is 73.6 Å². The lowest BCUT2D eigenvalue weighted by atomic mass is 10.1. The number of hydrogen-bond acceptors (Lipinski definition) is 5. The third kappa shape index (κ3) is 4.32. The van der Waals surface area contributed by atoms with E-state index in [2.05, 4.69) is 10.5 Å². The van der Waals surface area contributed by atoms with Crippen molar-refractivity contribution in [3.05, 3.63) is 47.6 Å². The summed E-state index contributed by atoms with van der Waals surface area (Å²) in [6, 6.07) is 7.43. The zero-order valence-electron chi connectivity index (χ0n) is 13.3. The molecule has 0 spiro atoms. The summed E-state index contributed by atoms with van der Waals surface area (Å²) in [5.41, 5.74) is 0.733. The molecular weight excluding hydrogens is 315 g/mol. The summed E-state index contributed by atoms with van der Waals surface area (Å²) >= 11 is 0. The molecule has 24 heavy (non-hydrogen) atoms. The molecular formula is C17H19FN2O4. The summed E-state index contributed by atoms with van der Waals surface area (Å²) < 4.78 is 29.5. The van der Waals surface area contributed by atoms with Crippen LogP contribution < -0.4 is 10.1 Å². The van der Waals surface area contributed by atoms with Gasteiger partial charge in [0.25, 0.3) is 0 Å². The van der Waals surface area contributed by atoms with Crippen LogP contribution in [0.15, 0.2) is 34.9 Å². The van der Waals surface area contributed by atoms with Crippen molar-refractivity contribution in [1.82, 2.24) is 10.5 Å². The molecule has 1 aliphatic heterocycles. The van der Waals surface area contributed by atoms with Crippen molar-refractivity contribution in [2.75, 3.05) is 13.2 Å². The van der Waals surface area contributed by atoms with E-state index in [-0.39, 0.29) is 30.3 Å². The molecule has 128 valence electrons. The maximum Gasteiger partial charge on any atom is 0.228 e. The van der Waals surface area contributed by atoms with E-state index in [0.29, 0.717) is 31.1 Å². The molecule has 1 aliphatic rings. The second-order valence-electron chi connectivity index (χ2n) is 5.76. The van der Waals surface area contributed by atoms with Crippen molar-refractivity contribution in [1.29, 1.82) is 0 Å². The van der Waals surface area contributed by atoms with Gasteiger partial charge in [0.1, 0.15) is 23.4 Å². The lowest BCUT2D eigenvalue weighted by Gasteiger charge is -2.32. The lowest BCUT2D eigenvalue weighted by Crippen LogP contribution is -2.51. The molecule has 3 rings (SSSR count). The number of ether oxygens (including phenoxy) is 2. The largest absolute Gasteiger partial charge is 0.486 e. The van der Waals surface area contributed by atoms with Crippen LogP contribution in [-0.2, 0) is 16.0 Å². The molecule has 1 aromatic carbocycles. The van der Waals surface area contributed by atoms with Crippen molar-refractivity contribution in [2.45, 2.75) is 31.9 Å². The van der Waals surface area contributed by atoms with E-state index in [1.165, 1.54) is 12.1 Å². The minimum absolute atomic E-state index is 0.116. The van der Waals surface area contributed by atoms with Crippen molar-refractivity contribution >= 4 is 5.91 Å². The van der Waals surface area contributed by atoms with Crippen LogP contribution in [0.1, 0.15) is 17.9 Å². The van der Waals surface area contributed by atoms with E-state index in [1.807, 2.05) is 0 Å². The van der Waals surface area contributed by atoms with Gasteiger partial charge in [-0.05, 0) is 25.5 Å². The lowest BCUT2D eigenvalue weighted by molar-refractivity contribution is -0.123. The van der Waals surface area contributed by atoms with E-state index < -0.39 is 0 Å². The third-order valence-corrected chi connectivity index (χ3v) is 3.75. The minimum Gasteiger partial charge on any atom is -0.486 e. The summed E-state index contributed by atoms with van der Waals surface area (Å²) in [6.45, 7) is 2.67. The van der Waals surface area contributed by atoms with E-state index in [4.69, 9.17) is 14.0 Å². The Morgan fingerprint density at radius 1 is 1.46 bits per heavy atom. The van der Waals surface area contributed by atoms with Gasteiger partial charge < -0.3 is 19.3 Å². The molecule has 0 radical (unpaired) electrons. The molecule has 2 heterocycles. The van der Waals surface area contributed by atoms with Gasteiger partial charge in [0.2, 0.25) is 5.91 Å². The molecule has 0 unspecified atom stereocenters. The highest BCUT2D eigenvalue weighted by atomic mass is 19.1. The van der Waals surface area contributed by atoms with Crippen LogP contribution in [0.25, 0.3) is 0 Å². The average Bonchev–Trinajstić information content (AvgIpc) is 2.94. The molecule has 0 saturated carbocycles. The maximum absolute atomic E-state index is 13.3. The quantitative estimate of drug-likeness (QED) is 0.905. The van der Waals surface area contributed by atoms with Crippen LogP contribution in [0.4, 0.5) is 4.39 Å². The Labute approximate surface area is 138 Å². The number of halogens is 1. The number of nitrogens with one attached hydrogen (secondary N) is 1. The van der Waals surface area contributed by atoms with Crippen molar-refractivity contribution in [3.63, 3.8) is 0 Å². The monoisotopic (exact) mass is 334 g/mol. The van der Waals surface area contributed by atoms with Crippen molar-refractivity contribution in [3.8, 4) is 5.75 Å². The Kier molecular flexibility index (Phi) is 5.10. The summed E-state index contributed by atoms with van der Waals surface area (Å²) in [4.78, 5) is 12.2. The van der Waals surface area contributed by atoms with Crippen molar-refractivity contribution < 1.29 is 23.2 Å². The van der Waals surface area contributed by atoms with Gasteiger partial charge in [-0.1, -0.05) is 11.2 Å². The van der Waals surface area contributed by atoms with Gasteiger partial charge in [-0.2, -0.15) is 0 Å². The number of carbonyl (C=O) groups is 1. The summed E-state index contributed by atoms with van der Waals surface area (Å²) in [5.74, 6) is 0.381. The first kappa shape index (κ1) is 16.4. The average molecular weight is 334 g/mol. The number of aromatic nitrogens is 1. The summed E-state index contributed by atoms with van der Waals surface area (Å²) in [7, 11) is 0. The highest BCUT2D eigenvalue weighted by molar-refractivity contribution is 5.78. The molecule has 0 aliphatic carbocycles. The van der Waals surface area contributed by atoms with Gasteiger partial charge in [0.05, 0.1) is 24.8 Å². The Morgan fingerprint density at radius 3 is 3.08 bits per heavy atom. The van der Waals surface area contributed by atoms with Crippen LogP contribution in [0, 0.1) is 12.7 Å². The molecule has 1 N–H and O–H groups in total. The number of hydrogen-bond donors (Lipinski definition) is 1. The van der Waals surface area contributed by atoms with Gasteiger partial charge in [-0.3, -0.25) is 4.79 Å². The fraction of sp³-hybridized carbons (Fsp3) is 0.412. The third-order valence-electron chi connectivity index (χ3n) is 3.75. The van der Waals surface area contributed by atoms with Crippen LogP contribution >= 0.6 is 0 Å². The molecule has 1 fully saturated rings. The predicted molar refractivity (Wildman–Crippen MR) is 83.1 cm³/mol. The Balaban J connectivity index is 1.60. The van der Waals surface area contributed by atoms with E-state index >= 15 is 0 Å². The minimum atomic E-state index is -0.374. The van der Waals surface area contributed by atoms with Gasteiger partial charge >= 0.3 is 0 Å². The highest BCUT2D eigenvalue weighted by Crippen LogP contribution is 2.19. The maximum atomic E-state index is 13.3. The highest BCUT2D eigenvalue weighted by Gasteiger charge is 2.29. The van der Waals surface area contributed by atoms with Crippen LogP contribution in [0.3, 0.4) is 0 Å². The number of aryl methyl sites for hydroxylation is 1. The second kappa shape index (κ2) is 7.44. The summed E-state index contributed by atoms with van der Waals surface area (Å²) in [5, 5.41) is 6.70. The van der Waals surface area contributed by atoms with Crippen LogP contribution in [0.2, 0.25) is 0 Å². The molecule has 1 amide bonds. The first-order chi connectivity index (χ1) is 11.6. The smallest absolute Gasteiger partial charge is 0.228 e. The van der Waals surface area contributed by atoms with Gasteiger partial charge in [0, 0.05) is 18.7 Å². The van der Waals surface area contributed by atoms with Crippen molar-refractivity contribution in [2.24, 2.45) is 0 Å². The Hall–Kier alpha value is -2.41. The molecule has 0 bridgehead atoms. The van der Waals surface area contributed by atoms with Gasteiger partial charge in [-0.25, -0.2) is 4.39 Å². The zero-order valence-corrected chi connectivity index (χ0v) is 13.3. The molecule has 2 atom stereocenters. The number of nitrogens with zero attached hydrogens (tertiary/aromatic N) is 1. The molecule has 1 saturated heterocycles. The fourth-order valence-corrected chi connectivity index (χ4v) is 2.62. The number of carbonyl (C=O) groups excluding carboxylic acids is 1. The number of amides is 1.